The Morgan fingerprint density at radius 3 is 2.24 bits per heavy atom. The van der Waals surface area contributed by atoms with Gasteiger partial charge in [-0.25, -0.2) is 4.79 Å². The van der Waals surface area contributed by atoms with Crippen LogP contribution in [0.1, 0.15) is 5.69 Å². The number of pyridine rings is 1. The maximum atomic E-state index is 12.6. The highest BCUT2D eigenvalue weighted by Crippen LogP contribution is 2.22. The molecular formula is C23H24N4O2. The summed E-state index contributed by atoms with van der Waals surface area (Å²) < 4.78 is 5.78. The van der Waals surface area contributed by atoms with Crippen molar-refractivity contribution in [3.63, 3.8) is 0 Å². The van der Waals surface area contributed by atoms with Crippen molar-refractivity contribution in [3.8, 4) is 11.5 Å². The first kappa shape index (κ1) is 19.0. The predicted octanol–water partition coefficient (Wildman–Crippen LogP) is 4.22. The molecule has 0 unspecified atom stereocenters. The van der Waals surface area contributed by atoms with E-state index in [-0.39, 0.29) is 6.03 Å². The minimum Gasteiger partial charge on any atom is -0.457 e. The van der Waals surface area contributed by atoms with Crippen molar-refractivity contribution >= 4 is 11.7 Å². The van der Waals surface area contributed by atoms with Crippen LogP contribution in [-0.4, -0.2) is 47.0 Å². The molecule has 2 amide bonds. The van der Waals surface area contributed by atoms with Crippen LogP contribution in [0.4, 0.5) is 10.5 Å². The van der Waals surface area contributed by atoms with Crippen molar-refractivity contribution in [2.45, 2.75) is 6.54 Å². The number of benzene rings is 2. The van der Waals surface area contributed by atoms with E-state index in [2.05, 4.69) is 15.2 Å². The Morgan fingerprint density at radius 2 is 1.55 bits per heavy atom. The van der Waals surface area contributed by atoms with E-state index in [4.69, 9.17) is 4.74 Å². The van der Waals surface area contributed by atoms with Crippen molar-refractivity contribution in [1.29, 1.82) is 0 Å². The Labute approximate surface area is 170 Å². The van der Waals surface area contributed by atoms with E-state index in [0.717, 1.165) is 42.5 Å². The summed E-state index contributed by atoms with van der Waals surface area (Å²) in [5.41, 5.74) is 1.81. The van der Waals surface area contributed by atoms with Gasteiger partial charge >= 0.3 is 6.03 Å². The zero-order valence-corrected chi connectivity index (χ0v) is 16.2. The number of rotatable bonds is 5. The van der Waals surface area contributed by atoms with Crippen LogP contribution in [0.5, 0.6) is 11.5 Å². The molecule has 1 aliphatic rings. The van der Waals surface area contributed by atoms with Crippen LogP contribution >= 0.6 is 0 Å². The molecule has 1 aromatic heterocycles. The molecule has 6 nitrogen and oxygen atoms in total. The van der Waals surface area contributed by atoms with Gasteiger partial charge < -0.3 is 15.0 Å². The molecule has 2 heterocycles. The fourth-order valence-corrected chi connectivity index (χ4v) is 3.26. The van der Waals surface area contributed by atoms with E-state index in [1.807, 2.05) is 83.9 Å². The summed E-state index contributed by atoms with van der Waals surface area (Å²) in [7, 11) is 0. The summed E-state index contributed by atoms with van der Waals surface area (Å²) in [6.07, 6.45) is 1.81. The van der Waals surface area contributed by atoms with Gasteiger partial charge in [0.15, 0.2) is 0 Å². The lowest BCUT2D eigenvalue weighted by Gasteiger charge is -2.34. The maximum Gasteiger partial charge on any atom is 0.321 e. The van der Waals surface area contributed by atoms with Gasteiger partial charge in [-0.3, -0.25) is 9.88 Å². The minimum absolute atomic E-state index is 0.0702. The highest BCUT2D eigenvalue weighted by atomic mass is 16.5. The van der Waals surface area contributed by atoms with E-state index >= 15 is 0 Å². The second kappa shape index (κ2) is 9.21. The zero-order chi connectivity index (χ0) is 19.9. The number of para-hydroxylation sites is 1. The lowest BCUT2D eigenvalue weighted by atomic mass is 10.2. The molecule has 6 heteroatoms. The van der Waals surface area contributed by atoms with Gasteiger partial charge in [0.25, 0.3) is 0 Å². The molecule has 3 aromatic rings. The van der Waals surface area contributed by atoms with Crippen LogP contribution in [0.25, 0.3) is 0 Å². The van der Waals surface area contributed by atoms with E-state index in [0.29, 0.717) is 13.1 Å². The highest BCUT2D eigenvalue weighted by molar-refractivity contribution is 5.89. The first-order chi connectivity index (χ1) is 14.3. The monoisotopic (exact) mass is 388 g/mol. The van der Waals surface area contributed by atoms with E-state index in [9.17, 15) is 4.79 Å². The third-order valence-corrected chi connectivity index (χ3v) is 4.86. The molecule has 148 valence electrons. The van der Waals surface area contributed by atoms with Crippen LogP contribution < -0.4 is 10.1 Å². The van der Waals surface area contributed by atoms with Gasteiger partial charge in [-0.05, 0) is 48.5 Å². The average Bonchev–Trinajstić information content (AvgIpc) is 2.77. The fourth-order valence-electron chi connectivity index (χ4n) is 3.26. The van der Waals surface area contributed by atoms with Gasteiger partial charge in [0.1, 0.15) is 11.5 Å². The van der Waals surface area contributed by atoms with Crippen LogP contribution in [0.15, 0.2) is 79.0 Å². The number of hydrogen-bond acceptors (Lipinski definition) is 4. The third-order valence-electron chi connectivity index (χ3n) is 4.86. The summed E-state index contributed by atoms with van der Waals surface area (Å²) >= 11 is 0. The summed E-state index contributed by atoms with van der Waals surface area (Å²) in [5, 5.41) is 2.97. The number of piperazine rings is 1. The van der Waals surface area contributed by atoms with E-state index in [1.165, 1.54) is 0 Å². The Hall–Kier alpha value is -3.38. The number of nitrogens with zero attached hydrogens (tertiary/aromatic N) is 3. The third kappa shape index (κ3) is 5.33. The van der Waals surface area contributed by atoms with Gasteiger partial charge in [0.05, 0.1) is 5.69 Å². The molecule has 0 spiro atoms. The van der Waals surface area contributed by atoms with E-state index in [1.54, 1.807) is 0 Å². The number of urea groups is 1. The number of carbonyl (C=O) groups is 1. The molecule has 2 aromatic carbocycles. The Balaban J connectivity index is 1.25. The smallest absolute Gasteiger partial charge is 0.321 e. The van der Waals surface area contributed by atoms with E-state index < -0.39 is 0 Å². The Bertz CT molecular complexity index is 909. The van der Waals surface area contributed by atoms with Crippen molar-refractivity contribution < 1.29 is 9.53 Å². The molecule has 0 bridgehead atoms. The van der Waals surface area contributed by atoms with Gasteiger partial charge in [-0.1, -0.05) is 24.3 Å². The molecule has 1 fully saturated rings. The number of aromatic nitrogens is 1. The topological polar surface area (TPSA) is 57.7 Å². The molecule has 1 aliphatic heterocycles. The highest BCUT2D eigenvalue weighted by Gasteiger charge is 2.21. The van der Waals surface area contributed by atoms with Crippen LogP contribution in [-0.2, 0) is 6.54 Å². The molecule has 1 N–H and O–H groups in total. The molecule has 1 saturated heterocycles. The number of nitrogens with one attached hydrogen (secondary N) is 1. The summed E-state index contributed by atoms with van der Waals surface area (Å²) in [5.74, 6) is 1.52. The first-order valence-electron chi connectivity index (χ1n) is 9.77. The number of amides is 2. The Kier molecular flexibility index (Phi) is 6.02. The second-order valence-corrected chi connectivity index (χ2v) is 6.95. The lowest BCUT2D eigenvalue weighted by Crippen LogP contribution is -2.49. The summed E-state index contributed by atoms with van der Waals surface area (Å²) in [6.45, 7) is 3.91. The lowest BCUT2D eigenvalue weighted by molar-refractivity contribution is 0.142. The fraction of sp³-hybridized carbons (Fsp3) is 0.217. The maximum absolute atomic E-state index is 12.6. The van der Waals surface area contributed by atoms with Gasteiger partial charge in [0, 0.05) is 44.6 Å². The predicted molar refractivity (Wildman–Crippen MR) is 113 cm³/mol. The number of hydrogen-bond donors (Lipinski definition) is 1. The number of anilines is 1. The van der Waals surface area contributed by atoms with Gasteiger partial charge in [-0.15, -0.1) is 0 Å². The first-order valence-corrected chi connectivity index (χ1v) is 9.77. The molecule has 0 radical (unpaired) electrons. The van der Waals surface area contributed by atoms with Crippen LogP contribution in [0, 0.1) is 0 Å². The summed E-state index contributed by atoms with van der Waals surface area (Å²) in [4.78, 5) is 21.1. The standard InChI is InChI=1S/C23H24N4O2/c28-23(27-16-14-26(15-17-27)18-20-6-4-5-13-24-20)25-19-9-11-22(12-10-19)29-21-7-2-1-3-8-21/h1-13H,14-18H2,(H,25,28). The normalized spacial score (nSPS) is 14.4. The largest absolute Gasteiger partial charge is 0.457 e. The van der Waals surface area contributed by atoms with Crippen molar-refractivity contribution in [3.05, 3.63) is 84.7 Å². The molecule has 29 heavy (non-hydrogen) atoms. The molecule has 0 atom stereocenters. The molecule has 0 aliphatic carbocycles. The number of ether oxygens (including phenoxy) is 1. The van der Waals surface area contributed by atoms with Gasteiger partial charge in [0.2, 0.25) is 0 Å². The second-order valence-electron chi connectivity index (χ2n) is 6.95. The Morgan fingerprint density at radius 1 is 0.862 bits per heavy atom. The molecular weight excluding hydrogens is 364 g/mol. The molecule has 4 rings (SSSR count). The number of carbonyl (C=O) groups excluding carboxylic acids is 1. The quantitative estimate of drug-likeness (QED) is 0.711. The van der Waals surface area contributed by atoms with Crippen molar-refractivity contribution in [2.75, 3.05) is 31.5 Å². The van der Waals surface area contributed by atoms with Crippen molar-refractivity contribution in [1.82, 2.24) is 14.8 Å². The SMILES string of the molecule is O=C(Nc1ccc(Oc2ccccc2)cc1)N1CCN(Cc2ccccn2)CC1. The van der Waals surface area contributed by atoms with Gasteiger partial charge in [-0.2, -0.15) is 0 Å². The van der Waals surface area contributed by atoms with Crippen molar-refractivity contribution in [2.24, 2.45) is 0 Å². The zero-order valence-electron chi connectivity index (χ0n) is 16.2. The summed E-state index contributed by atoms with van der Waals surface area (Å²) in [6, 6.07) is 22.9. The molecule has 0 saturated carbocycles. The average molecular weight is 388 g/mol. The minimum atomic E-state index is -0.0702. The van der Waals surface area contributed by atoms with Crippen LogP contribution in [0.2, 0.25) is 0 Å². The van der Waals surface area contributed by atoms with Crippen LogP contribution in [0.3, 0.4) is 0 Å².